The maximum atomic E-state index is 12.8. The van der Waals surface area contributed by atoms with E-state index in [2.05, 4.69) is 0 Å². The van der Waals surface area contributed by atoms with Crippen molar-refractivity contribution in [3.05, 3.63) is 65.5 Å². The summed E-state index contributed by atoms with van der Waals surface area (Å²) >= 11 is 0. The molecule has 0 aliphatic heterocycles. The fraction of sp³-hybridized carbons (Fsp3) is 0.133. The molecule has 20 heavy (non-hydrogen) atoms. The van der Waals surface area contributed by atoms with Gasteiger partial charge in [-0.3, -0.25) is 10.0 Å². The minimum absolute atomic E-state index is 0.00879. The van der Waals surface area contributed by atoms with Crippen LogP contribution in [0.5, 0.6) is 5.75 Å². The van der Waals surface area contributed by atoms with Crippen molar-refractivity contribution in [3.63, 3.8) is 0 Å². The van der Waals surface area contributed by atoms with E-state index in [1.807, 2.05) is 0 Å². The number of methoxy groups -OCH3 is 1. The van der Waals surface area contributed by atoms with Crippen molar-refractivity contribution >= 4 is 5.91 Å². The second-order valence-electron chi connectivity index (χ2n) is 4.22. The molecule has 0 spiro atoms. The van der Waals surface area contributed by atoms with Gasteiger partial charge < -0.3 is 4.74 Å². The number of nitrogens with zero attached hydrogens (tertiary/aromatic N) is 1. The average molecular weight is 275 g/mol. The van der Waals surface area contributed by atoms with E-state index in [4.69, 9.17) is 4.74 Å². The molecule has 2 aromatic carbocycles. The number of ether oxygens (including phenoxy) is 1. The van der Waals surface area contributed by atoms with Crippen molar-refractivity contribution in [3.8, 4) is 5.75 Å². The first-order chi connectivity index (χ1) is 9.60. The Morgan fingerprint density at radius 1 is 1.15 bits per heavy atom. The molecule has 0 atom stereocenters. The molecule has 1 amide bonds. The van der Waals surface area contributed by atoms with Crippen LogP contribution in [-0.4, -0.2) is 23.3 Å². The lowest BCUT2D eigenvalue weighted by Gasteiger charge is -2.15. The summed E-state index contributed by atoms with van der Waals surface area (Å²) in [6, 6.07) is 12.0. The lowest BCUT2D eigenvalue weighted by molar-refractivity contribution is -0.0648. The summed E-state index contributed by atoms with van der Waals surface area (Å²) in [5, 5.41) is 10.4. The SMILES string of the molecule is COc1ccc(C(=O)N(O)Cc2ccc(F)cc2)cc1. The normalized spacial score (nSPS) is 10.2. The van der Waals surface area contributed by atoms with E-state index in [-0.39, 0.29) is 12.4 Å². The van der Waals surface area contributed by atoms with Gasteiger partial charge in [-0.15, -0.1) is 0 Å². The summed E-state index contributed by atoms with van der Waals surface area (Å²) in [4.78, 5) is 12.0. The van der Waals surface area contributed by atoms with Crippen molar-refractivity contribution < 1.29 is 19.1 Å². The fourth-order valence-electron chi connectivity index (χ4n) is 1.72. The van der Waals surface area contributed by atoms with Gasteiger partial charge in [-0.1, -0.05) is 12.1 Å². The van der Waals surface area contributed by atoms with Gasteiger partial charge in [-0.05, 0) is 42.0 Å². The van der Waals surface area contributed by atoms with Crippen LogP contribution in [0.15, 0.2) is 48.5 Å². The molecule has 4 nitrogen and oxygen atoms in total. The number of amides is 1. The Balaban J connectivity index is 2.05. The zero-order valence-electron chi connectivity index (χ0n) is 10.9. The van der Waals surface area contributed by atoms with Crippen LogP contribution in [-0.2, 0) is 6.54 Å². The van der Waals surface area contributed by atoms with E-state index < -0.39 is 5.91 Å². The van der Waals surface area contributed by atoms with E-state index >= 15 is 0 Å². The second kappa shape index (κ2) is 6.16. The second-order valence-corrected chi connectivity index (χ2v) is 4.22. The van der Waals surface area contributed by atoms with E-state index in [9.17, 15) is 14.4 Å². The number of carbonyl (C=O) groups excluding carboxylic acids is 1. The molecular weight excluding hydrogens is 261 g/mol. The maximum absolute atomic E-state index is 12.8. The van der Waals surface area contributed by atoms with Gasteiger partial charge in [0.2, 0.25) is 0 Å². The van der Waals surface area contributed by atoms with Crippen molar-refractivity contribution in [1.29, 1.82) is 0 Å². The Kier molecular flexibility index (Phi) is 4.32. The largest absolute Gasteiger partial charge is 0.497 e. The zero-order chi connectivity index (χ0) is 14.5. The molecule has 104 valence electrons. The first-order valence-corrected chi connectivity index (χ1v) is 5.99. The highest BCUT2D eigenvalue weighted by molar-refractivity contribution is 5.93. The first-order valence-electron chi connectivity index (χ1n) is 5.99. The highest BCUT2D eigenvalue weighted by Crippen LogP contribution is 2.14. The van der Waals surface area contributed by atoms with Crippen molar-refractivity contribution in [1.82, 2.24) is 5.06 Å². The minimum Gasteiger partial charge on any atom is -0.497 e. The maximum Gasteiger partial charge on any atom is 0.277 e. The Hall–Kier alpha value is -2.40. The molecule has 0 aromatic heterocycles. The molecule has 0 fully saturated rings. The van der Waals surface area contributed by atoms with Crippen LogP contribution in [0.1, 0.15) is 15.9 Å². The van der Waals surface area contributed by atoms with Gasteiger partial charge >= 0.3 is 0 Å². The van der Waals surface area contributed by atoms with Gasteiger partial charge in [0.15, 0.2) is 0 Å². The Morgan fingerprint density at radius 3 is 2.30 bits per heavy atom. The van der Waals surface area contributed by atoms with Gasteiger partial charge in [-0.2, -0.15) is 0 Å². The number of hydroxylamine groups is 2. The number of benzene rings is 2. The van der Waals surface area contributed by atoms with Gasteiger partial charge in [-0.25, -0.2) is 9.45 Å². The smallest absolute Gasteiger partial charge is 0.277 e. The molecule has 0 aliphatic rings. The molecule has 0 bridgehead atoms. The molecule has 2 aromatic rings. The Labute approximate surface area is 116 Å². The third kappa shape index (κ3) is 3.33. The van der Waals surface area contributed by atoms with Gasteiger partial charge in [0.25, 0.3) is 5.91 Å². The molecule has 2 rings (SSSR count). The third-order valence-corrected chi connectivity index (χ3v) is 2.82. The molecule has 0 unspecified atom stereocenters. The Morgan fingerprint density at radius 2 is 1.75 bits per heavy atom. The lowest BCUT2D eigenvalue weighted by atomic mass is 10.2. The highest BCUT2D eigenvalue weighted by Gasteiger charge is 2.14. The monoisotopic (exact) mass is 275 g/mol. The van der Waals surface area contributed by atoms with Crippen LogP contribution in [0.3, 0.4) is 0 Å². The van der Waals surface area contributed by atoms with Gasteiger partial charge in [0.1, 0.15) is 11.6 Å². The number of halogens is 1. The lowest BCUT2D eigenvalue weighted by Crippen LogP contribution is -2.26. The first kappa shape index (κ1) is 14.0. The summed E-state index contributed by atoms with van der Waals surface area (Å²) in [5.41, 5.74) is 0.978. The van der Waals surface area contributed by atoms with Crippen molar-refractivity contribution in [2.45, 2.75) is 6.54 Å². The van der Waals surface area contributed by atoms with Crippen LogP contribution >= 0.6 is 0 Å². The standard InChI is InChI=1S/C15H14FNO3/c1-20-14-8-4-12(5-9-14)15(18)17(19)10-11-2-6-13(16)7-3-11/h2-9,19H,10H2,1H3. The quantitative estimate of drug-likeness (QED) is 0.689. The molecule has 0 radical (unpaired) electrons. The highest BCUT2D eigenvalue weighted by atomic mass is 19.1. The average Bonchev–Trinajstić information content (AvgIpc) is 2.49. The van der Waals surface area contributed by atoms with Crippen LogP contribution in [0.4, 0.5) is 4.39 Å². The van der Waals surface area contributed by atoms with E-state index in [0.717, 1.165) is 0 Å². The number of hydrogen-bond donors (Lipinski definition) is 1. The van der Waals surface area contributed by atoms with Crippen LogP contribution in [0.2, 0.25) is 0 Å². The molecule has 0 saturated carbocycles. The van der Waals surface area contributed by atoms with Crippen LogP contribution in [0, 0.1) is 5.82 Å². The number of rotatable bonds is 4. The van der Waals surface area contributed by atoms with Crippen LogP contribution < -0.4 is 4.74 Å². The molecule has 0 aliphatic carbocycles. The molecule has 0 saturated heterocycles. The third-order valence-electron chi connectivity index (χ3n) is 2.82. The van der Waals surface area contributed by atoms with E-state index in [0.29, 0.717) is 21.9 Å². The van der Waals surface area contributed by atoms with Crippen molar-refractivity contribution in [2.24, 2.45) is 0 Å². The fourth-order valence-corrected chi connectivity index (χ4v) is 1.72. The zero-order valence-corrected chi connectivity index (χ0v) is 10.9. The predicted octanol–water partition coefficient (Wildman–Crippen LogP) is 2.87. The minimum atomic E-state index is -0.531. The summed E-state index contributed by atoms with van der Waals surface area (Å²) < 4.78 is 17.8. The van der Waals surface area contributed by atoms with Crippen molar-refractivity contribution in [2.75, 3.05) is 7.11 Å². The summed E-state index contributed by atoms with van der Waals surface area (Å²) in [7, 11) is 1.53. The van der Waals surface area contributed by atoms with E-state index in [1.165, 1.54) is 31.4 Å². The molecule has 5 heteroatoms. The Bertz CT molecular complexity index is 581. The molecule has 0 heterocycles. The molecule has 1 N–H and O–H groups in total. The van der Waals surface area contributed by atoms with Crippen LogP contribution in [0.25, 0.3) is 0 Å². The van der Waals surface area contributed by atoms with Gasteiger partial charge in [0.05, 0.1) is 13.7 Å². The number of hydrogen-bond acceptors (Lipinski definition) is 3. The summed E-state index contributed by atoms with van der Waals surface area (Å²) in [6.07, 6.45) is 0. The molecular formula is C15H14FNO3. The number of carbonyl (C=O) groups is 1. The summed E-state index contributed by atoms with van der Waals surface area (Å²) in [5.74, 6) is -0.263. The summed E-state index contributed by atoms with van der Waals surface area (Å²) in [6.45, 7) is -0.00879. The topological polar surface area (TPSA) is 49.8 Å². The van der Waals surface area contributed by atoms with E-state index in [1.54, 1.807) is 24.3 Å². The van der Waals surface area contributed by atoms with Gasteiger partial charge in [0, 0.05) is 5.56 Å². The predicted molar refractivity (Wildman–Crippen MR) is 71.1 cm³/mol.